The number of hydrogen-bond acceptors (Lipinski definition) is 7. The van der Waals surface area contributed by atoms with Crippen LogP contribution in [0.2, 0.25) is 0 Å². The summed E-state index contributed by atoms with van der Waals surface area (Å²) in [6.07, 6.45) is -4.20. The van der Waals surface area contributed by atoms with E-state index >= 15 is 0 Å². The molecular formula is C17H29N3O4. The maximum Gasteiger partial charge on any atom is 0.156 e. The lowest BCUT2D eigenvalue weighted by atomic mass is 10.0. The van der Waals surface area contributed by atoms with Crippen LogP contribution in [-0.4, -0.2) is 77.5 Å². The van der Waals surface area contributed by atoms with Gasteiger partial charge in [-0.3, -0.25) is 0 Å². The molecular weight excluding hydrogens is 310 g/mol. The zero-order chi connectivity index (χ0) is 17.5. The molecule has 0 bridgehead atoms. The van der Waals surface area contributed by atoms with Crippen LogP contribution in [0.3, 0.4) is 0 Å². The number of aliphatic hydroxyl groups is 3. The maximum atomic E-state index is 9.92. The van der Waals surface area contributed by atoms with Crippen LogP contribution in [0.1, 0.15) is 13.8 Å². The van der Waals surface area contributed by atoms with Crippen LogP contribution in [0, 0.1) is 0 Å². The summed E-state index contributed by atoms with van der Waals surface area (Å²) in [7, 11) is 0. The SMILES string of the molecule is CCN(CC)CCNc1ccc(NC2OC[C@@H](O)[C@@H](O)[C@H]2O)cc1. The van der Waals surface area contributed by atoms with Crippen LogP contribution in [0.15, 0.2) is 24.3 Å². The number of nitrogens with one attached hydrogen (secondary N) is 2. The van der Waals surface area contributed by atoms with E-state index in [-0.39, 0.29) is 6.61 Å². The van der Waals surface area contributed by atoms with Gasteiger partial charge in [-0.25, -0.2) is 0 Å². The quantitative estimate of drug-likeness (QED) is 0.464. The van der Waals surface area contributed by atoms with Gasteiger partial charge in [-0.15, -0.1) is 0 Å². The van der Waals surface area contributed by atoms with Crippen molar-refractivity contribution in [2.45, 2.75) is 38.4 Å². The van der Waals surface area contributed by atoms with Crippen LogP contribution in [0.5, 0.6) is 0 Å². The smallest absolute Gasteiger partial charge is 0.156 e. The minimum atomic E-state index is -1.21. The first-order valence-corrected chi connectivity index (χ1v) is 8.53. The van der Waals surface area contributed by atoms with Gasteiger partial charge in [0.05, 0.1) is 6.61 Å². The Labute approximate surface area is 143 Å². The van der Waals surface area contributed by atoms with Crippen LogP contribution >= 0.6 is 0 Å². The number of benzene rings is 1. The Bertz CT molecular complexity index is 481. The molecule has 1 saturated heterocycles. The summed E-state index contributed by atoms with van der Waals surface area (Å²) in [5.74, 6) is 0. The molecule has 5 N–H and O–H groups in total. The van der Waals surface area contributed by atoms with E-state index in [1.54, 1.807) is 0 Å². The Morgan fingerprint density at radius 2 is 1.67 bits per heavy atom. The first-order chi connectivity index (χ1) is 11.5. The highest BCUT2D eigenvalue weighted by Gasteiger charge is 2.37. The van der Waals surface area contributed by atoms with Crippen molar-refractivity contribution in [1.82, 2.24) is 4.90 Å². The van der Waals surface area contributed by atoms with E-state index < -0.39 is 24.5 Å². The standard InChI is InChI=1S/C17H29N3O4/c1-3-20(4-2)10-9-18-12-5-7-13(8-6-12)19-17-16(23)15(22)14(21)11-24-17/h5-8,14-19,21-23H,3-4,9-11H2,1-2H3/t14-,15-,16-,17?/m1/s1. The summed E-state index contributed by atoms with van der Waals surface area (Å²) in [6.45, 7) is 8.26. The Kier molecular flexibility index (Phi) is 7.26. The van der Waals surface area contributed by atoms with E-state index in [0.717, 1.165) is 37.6 Å². The average molecular weight is 339 g/mol. The number of aliphatic hydroxyl groups excluding tert-OH is 3. The van der Waals surface area contributed by atoms with Crippen molar-refractivity contribution in [1.29, 1.82) is 0 Å². The Morgan fingerprint density at radius 3 is 2.29 bits per heavy atom. The minimum absolute atomic E-state index is 0.0130. The first-order valence-electron chi connectivity index (χ1n) is 8.53. The molecule has 7 nitrogen and oxygen atoms in total. The third kappa shape index (κ3) is 5.06. The van der Waals surface area contributed by atoms with Crippen molar-refractivity contribution >= 4 is 11.4 Å². The zero-order valence-corrected chi connectivity index (χ0v) is 14.4. The van der Waals surface area contributed by atoms with Gasteiger partial charge in [0.2, 0.25) is 0 Å². The third-order valence-corrected chi connectivity index (χ3v) is 4.35. The molecule has 0 amide bonds. The second-order valence-corrected chi connectivity index (χ2v) is 5.98. The fourth-order valence-electron chi connectivity index (χ4n) is 2.68. The van der Waals surface area contributed by atoms with Crippen molar-refractivity contribution in [3.05, 3.63) is 24.3 Å². The van der Waals surface area contributed by atoms with E-state index in [1.807, 2.05) is 24.3 Å². The lowest BCUT2D eigenvalue weighted by Crippen LogP contribution is -2.55. The van der Waals surface area contributed by atoms with Crippen molar-refractivity contribution in [3.63, 3.8) is 0 Å². The molecule has 1 aliphatic rings. The highest BCUT2D eigenvalue weighted by atomic mass is 16.5. The maximum absolute atomic E-state index is 9.92. The van der Waals surface area contributed by atoms with E-state index in [9.17, 15) is 15.3 Å². The molecule has 1 aromatic rings. The normalized spacial score (nSPS) is 27.2. The Hall–Kier alpha value is -1.38. The van der Waals surface area contributed by atoms with Crippen molar-refractivity contribution in [2.75, 3.05) is 43.4 Å². The van der Waals surface area contributed by atoms with Crippen molar-refractivity contribution in [2.24, 2.45) is 0 Å². The van der Waals surface area contributed by atoms with Crippen molar-refractivity contribution < 1.29 is 20.1 Å². The number of likely N-dealkylation sites (N-methyl/N-ethyl adjacent to an activating group) is 1. The molecule has 0 aliphatic carbocycles. The van der Waals surface area contributed by atoms with Gasteiger partial charge < -0.3 is 35.6 Å². The molecule has 1 aliphatic heterocycles. The number of hydrogen-bond donors (Lipinski definition) is 5. The van der Waals surface area contributed by atoms with Crippen LogP contribution < -0.4 is 10.6 Å². The molecule has 1 fully saturated rings. The van der Waals surface area contributed by atoms with Gasteiger partial charge in [-0.1, -0.05) is 13.8 Å². The van der Waals surface area contributed by atoms with Gasteiger partial charge in [0.1, 0.15) is 18.3 Å². The van der Waals surface area contributed by atoms with Gasteiger partial charge in [0, 0.05) is 24.5 Å². The molecule has 7 heteroatoms. The summed E-state index contributed by atoms with van der Waals surface area (Å²) >= 11 is 0. The van der Waals surface area contributed by atoms with E-state index in [0.29, 0.717) is 0 Å². The number of anilines is 2. The second-order valence-electron chi connectivity index (χ2n) is 5.98. The number of rotatable bonds is 8. The van der Waals surface area contributed by atoms with Gasteiger partial charge in [-0.05, 0) is 37.4 Å². The lowest BCUT2D eigenvalue weighted by Gasteiger charge is -2.35. The van der Waals surface area contributed by atoms with E-state index in [4.69, 9.17) is 4.74 Å². The van der Waals surface area contributed by atoms with Crippen LogP contribution in [0.4, 0.5) is 11.4 Å². The topological polar surface area (TPSA) is 97.2 Å². The monoisotopic (exact) mass is 339 g/mol. The lowest BCUT2D eigenvalue weighted by molar-refractivity contribution is -0.178. The second kappa shape index (κ2) is 9.19. The Balaban J connectivity index is 1.81. The van der Waals surface area contributed by atoms with Gasteiger partial charge in [0.25, 0.3) is 0 Å². The van der Waals surface area contributed by atoms with Crippen LogP contribution in [-0.2, 0) is 4.74 Å². The summed E-state index contributed by atoms with van der Waals surface area (Å²) in [5.41, 5.74) is 1.80. The molecule has 24 heavy (non-hydrogen) atoms. The zero-order valence-electron chi connectivity index (χ0n) is 14.4. The number of ether oxygens (including phenoxy) is 1. The van der Waals surface area contributed by atoms with Gasteiger partial charge in [-0.2, -0.15) is 0 Å². The molecule has 0 saturated carbocycles. The van der Waals surface area contributed by atoms with Crippen LogP contribution in [0.25, 0.3) is 0 Å². The largest absolute Gasteiger partial charge is 0.388 e. The molecule has 136 valence electrons. The molecule has 1 unspecified atom stereocenters. The summed E-state index contributed by atoms with van der Waals surface area (Å²) in [6, 6.07) is 7.66. The molecule has 0 aromatic heterocycles. The molecule has 1 aromatic carbocycles. The first kappa shape index (κ1) is 19.0. The molecule has 1 heterocycles. The van der Waals surface area contributed by atoms with E-state index in [2.05, 4.69) is 29.4 Å². The molecule has 0 spiro atoms. The summed E-state index contributed by atoms with van der Waals surface area (Å²) < 4.78 is 5.33. The summed E-state index contributed by atoms with van der Waals surface area (Å²) in [4.78, 5) is 2.35. The van der Waals surface area contributed by atoms with Crippen molar-refractivity contribution in [3.8, 4) is 0 Å². The predicted molar refractivity (Wildman–Crippen MR) is 94.1 cm³/mol. The third-order valence-electron chi connectivity index (χ3n) is 4.35. The molecule has 2 rings (SSSR count). The average Bonchev–Trinajstić information content (AvgIpc) is 2.60. The molecule has 0 radical (unpaired) electrons. The highest BCUT2D eigenvalue weighted by molar-refractivity contribution is 5.54. The van der Waals surface area contributed by atoms with Gasteiger partial charge in [0.15, 0.2) is 6.23 Å². The fraction of sp³-hybridized carbons (Fsp3) is 0.647. The Morgan fingerprint density at radius 1 is 1.04 bits per heavy atom. The summed E-state index contributed by atoms with van der Waals surface area (Å²) in [5, 5.41) is 35.5. The predicted octanol–water partition coefficient (Wildman–Crippen LogP) is 0.291. The number of nitrogens with zero attached hydrogens (tertiary/aromatic N) is 1. The van der Waals surface area contributed by atoms with Gasteiger partial charge >= 0.3 is 0 Å². The van der Waals surface area contributed by atoms with E-state index in [1.165, 1.54) is 0 Å². The highest BCUT2D eigenvalue weighted by Crippen LogP contribution is 2.20. The minimum Gasteiger partial charge on any atom is -0.388 e. The fourth-order valence-corrected chi connectivity index (χ4v) is 2.68. The molecule has 4 atom stereocenters.